The Kier molecular flexibility index (Phi) is 3.20. The molecule has 0 saturated carbocycles. The van der Waals surface area contributed by atoms with Crippen LogP contribution in [-0.2, 0) is 4.79 Å². The molecule has 1 rings (SSSR count). The highest BCUT2D eigenvalue weighted by molar-refractivity contribution is 5.91. The Balaban J connectivity index is 2.69. The lowest BCUT2D eigenvalue weighted by atomic mass is 10.2. The van der Waals surface area contributed by atoms with Gasteiger partial charge in [0.15, 0.2) is 5.78 Å². The lowest BCUT2D eigenvalue weighted by molar-refractivity contribution is -0.112. The Morgan fingerprint density at radius 3 is 3.08 bits per heavy atom. The molecule has 1 aliphatic rings. The first-order chi connectivity index (χ1) is 6.18. The van der Waals surface area contributed by atoms with Crippen LogP contribution in [0.1, 0.15) is 13.3 Å². The van der Waals surface area contributed by atoms with Crippen LogP contribution in [0.25, 0.3) is 0 Å². The van der Waals surface area contributed by atoms with E-state index in [0.717, 1.165) is 12.0 Å². The van der Waals surface area contributed by atoms with E-state index in [0.29, 0.717) is 5.82 Å². The van der Waals surface area contributed by atoms with Crippen molar-refractivity contribution in [1.82, 2.24) is 0 Å². The zero-order valence-electron chi connectivity index (χ0n) is 7.53. The third-order valence-electron chi connectivity index (χ3n) is 1.55. The van der Waals surface area contributed by atoms with Crippen molar-refractivity contribution < 1.29 is 4.79 Å². The largest absolute Gasteiger partial charge is 0.384 e. The maximum Gasteiger partial charge on any atom is 0.152 e. The topological polar surface area (TPSA) is 55.5 Å². The first-order valence-corrected chi connectivity index (χ1v) is 4.07. The molecule has 0 amide bonds. The van der Waals surface area contributed by atoms with Crippen molar-refractivity contribution in [3.63, 3.8) is 0 Å². The van der Waals surface area contributed by atoms with Gasteiger partial charge < -0.3 is 5.73 Å². The SMILES string of the molecule is CC(=O)/C=C/C1=CCC=C(N)N=C1. The molecule has 13 heavy (non-hydrogen) atoms. The third-order valence-corrected chi connectivity index (χ3v) is 1.55. The van der Waals surface area contributed by atoms with Crippen LogP contribution in [0.3, 0.4) is 0 Å². The third kappa shape index (κ3) is 3.51. The minimum absolute atomic E-state index is 0.0273. The number of rotatable bonds is 2. The molecule has 0 spiro atoms. The summed E-state index contributed by atoms with van der Waals surface area (Å²) in [6, 6.07) is 0. The summed E-state index contributed by atoms with van der Waals surface area (Å²) in [6.45, 7) is 1.51. The van der Waals surface area contributed by atoms with Gasteiger partial charge in [-0.25, -0.2) is 4.99 Å². The standard InChI is InChI=1S/C10H12N2O/c1-8(13)5-6-9-3-2-4-10(11)12-7-9/h3-7H,2,11H2,1H3/b6-5+. The Hall–Kier alpha value is -1.64. The van der Waals surface area contributed by atoms with Gasteiger partial charge in [0.2, 0.25) is 0 Å². The molecule has 0 radical (unpaired) electrons. The molecular weight excluding hydrogens is 164 g/mol. The van der Waals surface area contributed by atoms with Crippen molar-refractivity contribution >= 4 is 12.0 Å². The Morgan fingerprint density at radius 1 is 1.62 bits per heavy atom. The van der Waals surface area contributed by atoms with Crippen LogP contribution in [0.2, 0.25) is 0 Å². The fourth-order valence-corrected chi connectivity index (χ4v) is 0.895. The molecule has 0 aromatic heterocycles. The highest BCUT2D eigenvalue weighted by Gasteiger charge is 1.93. The minimum atomic E-state index is 0.0273. The van der Waals surface area contributed by atoms with Gasteiger partial charge in [0.25, 0.3) is 0 Å². The molecule has 0 aliphatic carbocycles. The average molecular weight is 176 g/mol. The predicted molar refractivity (Wildman–Crippen MR) is 53.3 cm³/mol. The summed E-state index contributed by atoms with van der Waals surface area (Å²) < 4.78 is 0. The molecule has 0 saturated heterocycles. The van der Waals surface area contributed by atoms with E-state index in [1.54, 1.807) is 12.3 Å². The number of nitrogens with two attached hydrogens (primary N) is 1. The summed E-state index contributed by atoms with van der Waals surface area (Å²) in [5, 5.41) is 0. The van der Waals surface area contributed by atoms with Gasteiger partial charge >= 0.3 is 0 Å². The minimum Gasteiger partial charge on any atom is -0.384 e. The van der Waals surface area contributed by atoms with Gasteiger partial charge in [-0.2, -0.15) is 0 Å². The molecule has 0 atom stereocenters. The molecule has 0 aromatic rings. The Morgan fingerprint density at radius 2 is 2.38 bits per heavy atom. The first kappa shape index (κ1) is 9.45. The van der Waals surface area contributed by atoms with Gasteiger partial charge in [-0.3, -0.25) is 4.79 Å². The maximum absolute atomic E-state index is 10.6. The Bertz CT molecular complexity index is 322. The van der Waals surface area contributed by atoms with Crippen molar-refractivity contribution in [1.29, 1.82) is 0 Å². The summed E-state index contributed by atoms with van der Waals surface area (Å²) in [7, 11) is 0. The van der Waals surface area contributed by atoms with Crippen LogP contribution in [0, 0.1) is 0 Å². The molecule has 1 heterocycles. The van der Waals surface area contributed by atoms with Crippen LogP contribution in [0.5, 0.6) is 0 Å². The van der Waals surface area contributed by atoms with Crippen molar-refractivity contribution in [3.05, 3.63) is 35.7 Å². The van der Waals surface area contributed by atoms with E-state index in [1.807, 2.05) is 12.2 Å². The smallest absolute Gasteiger partial charge is 0.152 e. The molecule has 68 valence electrons. The highest BCUT2D eigenvalue weighted by Crippen LogP contribution is 2.04. The van der Waals surface area contributed by atoms with E-state index in [4.69, 9.17) is 5.73 Å². The van der Waals surface area contributed by atoms with E-state index in [9.17, 15) is 4.79 Å². The molecule has 0 unspecified atom stereocenters. The average Bonchev–Trinajstić information content (AvgIpc) is 2.27. The van der Waals surface area contributed by atoms with Crippen LogP contribution in [0.4, 0.5) is 0 Å². The van der Waals surface area contributed by atoms with Crippen LogP contribution in [0.15, 0.2) is 40.7 Å². The van der Waals surface area contributed by atoms with Gasteiger partial charge in [-0.1, -0.05) is 12.2 Å². The van der Waals surface area contributed by atoms with Gasteiger partial charge in [0.05, 0.1) is 0 Å². The number of carbonyl (C=O) groups excluding carboxylic acids is 1. The number of nitrogens with zero attached hydrogens (tertiary/aromatic N) is 1. The fraction of sp³-hybridized carbons (Fsp3) is 0.200. The zero-order valence-corrected chi connectivity index (χ0v) is 7.53. The number of aliphatic imine (C=N–C) groups is 1. The van der Waals surface area contributed by atoms with Crippen molar-refractivity contribution in [2.45, 2.75) is 13.3 Å². The summed E-state index contributed by atoms with van der Waals surface area (Å²) in [5.74, 6) is 0.543. The molecule has 0 aromatic carbocycles. The van der Waals surface area contributed by atoms with Gasteiger partial charge in [0, 0.05) is 6.21 Å². The fourth-order valence-electron chi connectivity index (χ4n) is 0.895. The summed E-state index contributed by atoms with van der Waals surface area (Å²) in [5.41, 5.74) is 6.40. The molecule has 0 bridgehead atoms. The van der Waals surface area contributed by atoms with Crippen molar-refractivity contribution in [2.24, 2.45) is 10.7 Å². The second-order valence-electron chi connectivity index (χ2n) is 2.77. The second-order valence-corrected chi connectivity index (χ2v) is 2.77. The quantitative estimate of drug-likeness (QED) is 0.645. The number of hydrogen-bond donors (Lipinski definition) is 1. The second kappa shape index (κ2) is 4.40. The normalized spacial score (nSPS) is 16.7. The number of hydrogen-bond acceptors (Lipinski definition) is 3. The lowest BCUT2D eigenvalue weighted by Crippen LogP contribution is -1.92. The number of allylic oxidation sites excluding steroid dienone is 5. The van der Waals surface area contributed by atoms with E-state index in [-0.39, 0.29) is 5.78 Å². The number of ketones is 1. The van der Waals surface area contributed by atoms with Gasteiger partial charge in [-0.15, -0.1) is 0 Å². The summed E-state index contributed by atoms with van der Waals surface area (Å²) in [4.78, 5) is 14.6. The van der Waals surface area contributed by atoms with E-state index in [1.165, 1.54) is 13.0 Å². The maximum atomic E-state index is 10.6. The highest BCUT2D eigenvalue weighted by atomic mass is 16.1. The molecule has 2 N–H and O–H groups in total. The van der Waals surface area contributed by atoms with Crippen LogP contribution < -0.4 is 5.73 Å². The number of carbonyl (C=O) groups is 1. The van der Waals surface area contributed by atoms with Crippen molar-refractivity contribution in [3.8, 4) is 0 Å². The molecule has 3 nitrogen and oxygen atoms in total. The molecule has 0 fully saturated rings. The summed E-state index contributed by atoms with van der Waals surface area (Å²) in [6.07, 6.45) is 9.44. The monoisotopic (exact) mass is 176 g/mol. The lowest BCUT2D eigenvalue weighted by Gasteiger charge is -1.88. The van der Waals surface area contributed by atoms with E-state index < -0.39 is 0 Å². The zero-order chi connectivity index (χ0) is 9.68. The van der Waals surface area contributed by atoms with Crippen LogP contribution in [-0.4, -0.2) is 12.0 Å². The van der Waals surface area contributed by atoms with E-state index in [2.05, 4.69) is 4.99 Å². The predicted octanol–water partition coefficient (Wildman–Crippen LogP) is 1.33. The first-order valence-electron chi connectivity index (χ1n) is 4.07. The van der Waals surface area contributed by atoms with Gasteiger partial charge in [0.1, 0.15) is 5.82 Å². The van der Waals surface area contributed by atoms with Crippen LogP contribution >= 0.6 is 0 Å². The molecular formula is C10H12N2O. The van der Waals surface area contributed by atoms with Gasteiger partial charge in [-0.05, 0) is 31.1 Å². The Labute approximate surface area is 77.3 Å². The molecule has 1 aliphatic heterocycles. The molecule has 3 heteroatoms. The van der Waals surface area contributed by atoms with Crippen molar-refractivity contribution in [2.75, 3.05) is 0 Å². The van der Waals surface area contributed by atoms with E-state index >= 15 is 0 Å². The summed E-state index contributed by atoms with van der Waals surface area (Å²) >= 11 is 0.